The summed E-state index contributed by atoms with van der Waals surface area (Å²) in [5.74, 6) is -1.08. The second-order valence-corrected chi connectivity index (χ2v) is 2.45. The van der Waals surface area contributed by atoms with Crippen LogP contribution in [0.25, 0.3) is 0 Å². The molecule has 0 saturated heterocycles. The summed E-state index contributed by atoms with van der Waals surface area (Å²) in [6.07, 6.45) is 1.50. The average molecular weight is 165 g/mol. The molecule has 0 fully saturated rings. The topological polar surface area (TPSA) is 53.0 Å². The molecule has 0 atom stereocenters. The molecule has 3 nitrogen and oxygen atoms in total. The van der Waals surface area contributed by atoms with Crippen LogP contribution in [0.1, 0.15) is 5.01 Å². The molecule has 0 bridgehead atoms. The Hall–Kier alpha value is 0.1000. The molecule has 0 aromatic carbocycles. The largest absolute Gasteiger partial charge is 1.00 e. The first-order valence-electron chi connectivity index (χ1n) is 2.37. The summed E-state index contributed by atoms with van der Waals surface area (Å²) in [7, 11) is 0. The smallest absolute Gasteiger partial charge is 0.550 e. The summed E-state index contributed by atoms with van der Waals surface area (Å²) in [6.45, 7) is 0. The van der Waals surface area contributed by atoms with Crippen LogP contribution in [0, 0.1) is 0 Å². The molecule has 0 aliphatic heterocycles. The number of carboxylic acid groups (broad SMARTS) is 1. The molecule has 5 heteroatoms. The maximum Gasteiger partial charge on any atom is 1.00 e. The summed E-state index contributed by atoms with van der Waals surface area (Å²) in [4.78, 5) is 13.7. The first-order valence-corrected chi connectivity index (χ1v) is 3.25. The van der Waals surface area contributed by atoms with Crippen molar-refractivity contribution in [2.24, 2.45) is 0 Å². The molecule has 0 spiro atoms. The molecule has 48 valence electrons. The van der Waals surface area contributed by atoms with Gasteiger partial charge < -0.3 is 9.90 Å². The minimum Gasteiger partial charge on any atom is -0.550 e. The quantitative estimate of drug-likeness (QED) is 0.426. The minimum atomic E-state index is -1.08. The van der Waals surface area contributed by atoms with Crippen LogP contribution in [-0.4, -0.2) is 11.0 Å². The number of carboxylic acids is 1. The van der Waals surface area contributed by atoms with E-state index in [1.807, 2.05) is 0 Å². The first kappa shape index (κ1) is 10.1. The number of rotatable bonds is 2. The molecule has 10 heavy (non-hydrogen) atoms. The summed E-state index contributed by atoms with van der Waals surface area (Å²) in [5, 5.41) is 12.2. The van der Waals surface area contributed by atoms with Crippen molar-refractivity contribution in [3.8, 4) is 0 Å². The van der Waals surface area contributed by atoms with E-state index in [0.29, 0.717) is 5.01 Å². The molecule has 0 amide bonds. The van der Waals surface area contributed by atoms with E-state index >= 15 is 0 Å². The van der Waals surface area contributed by atoms with Gasteiger partial charge >= 0.3 is 29.6 Å². The van der Waals surface area contributed by atoms with Gasteiger partial charge in [0.1, 0.15) is 0 Å². The van der Waals surface area contributed by atoms with Gasteiger partial charge in [-0.25, -0.2) is 4.98 Å². The maximum absolute atomic E-state index is 9.92. The van der Waals surface area contributed by atoms with E-state index in [2.05, 4.69) is 4.98 Å². The molecule has 1 aromatic rings. The normalized spacial score (nSPS) is 8.40. The summed E-state index contributed by atoms with van der Waals surface area (Å²) < 4.78 is 0. The van der Waals surface area contributed by atoms with Crippen LogP contribution in [0.3, 0.4) is 0 Å². The molecule has 0 aliphatic carbocycles. The molecular weight excluding hydrogens is 161 g/mol. The van der Waals surface area contributed by atoms with Crippen LogP contribution in [0.4, 0.5) is 0 Å². The third kappa shape index (κ3) is 3.31. The number of aliphatic carboxylic acids is 1. The van der Waals surface area contributed by atoms with Gasteiger partial charge in [-0.15, -0.1) is 11.3 Å². The maximum atomic E-state index is 9.92. The van der Waals surface area contributed by atoms with Crippen LogP contribution in [0.5, 0.6) is 0 Å². The van der Waals surface area contributed by atoms with E-state index in [9.17, 15) is 9.90 Å². The standard InChI is InChI=1S/C5H5NO2S.Na/c7-5(8)3-4-6-1-2-9-4;/h1-2H,3H2,(H,7,8);/q;+1/p-1. The molecule has 1 rings (SSSR count). The number of hydrogen-bond acceptors (Lipinski definition) is 4. The van der Waals surface area contributed by atoms with Crippen molar-refractivity contribution >= 4 is 17.3 Å². The Labute approximate surface area is 84.4 Å². The van der Waals surface area contributed by atoms with Crippen molar-refractivity contribution in [2.75, 3.05) is 0 Å². The van der Waals surface area contributed by atoms with Crippen LogP contribution in [0.15, 0.2) is 11.6 Å². The van der Waals surface area contributed by atoms with Gasteiger partial charge in [-0.3, -0.25) is 0 Å². The van der Waals surface area contributed by atoms with Gasteiger partial charge in [-0.1, -0.05) is 0 Å². The van der Waals surface area contributed by atoms with Crippen molar-refractivity contribution in [1.29, 1.82) is 0 Å². The molecular formula is C5H4NNaO2S. The van der Waals surface area contributed by atoms with Crippen molar-refractivity contribution in [3.05, 3.63) is 16.6 Å². The van der Waals surface area contributed by atoms with Crippen molar-refractivity contribution in [2.45, 2.75) is 6.42 Å². The van der Waals surface area contributed by atoms with Gasteiger partial charge in [-0.05, 0) is 0 Å². The van der Waals surface area contributed by atoms with Crippen LogP contribution in [-0.2, 0) is 11.2 Å². The predicted octanol–water partition coefficient (Wildman–Crippen LogP) is -3.56. The SMILES string of the molecule is O=C([O-])Cc1nccs1.[Na+]. The molecule has 0 unspecified atom stereocenters. The van der Waals surface area contributed by atoms with E-state index in [1.54, 1.807) is 11.6 Å². The zero-order chi connectivity index (χ0) is 6.69. The fraction of sp³-hybridized carbons (Fsp3) is 0.200. The summed E-state index contributed by atoms with van der Waals surface area (Å²) >= 11 is 1.32. The van der Waals surface area contributed by atoms with E-state index in [1.165, 1.54) is 11.3 Å². The zero-order valence-electron chi connectivity index (χ0n) is 5.53. The second-order valence-electron chi connectivity index (χ2n) is 1.47. The Kier molecular flexibility index (Phi) is 4.89. The van der Waals surface area contributed by atoms with Gasteiger partial charge in [0.25, 0.3) is 0 Å². The number of hydrogen-bond donors (Lipinski definition) is 0. The third-order valence-electron chi connectivity index (χ3n) is 0.779. The van der Waals surface area contributed by atoms with Crippen LogP contribution in [0.2, 0.25) is 0 Å². The number of nitrogens with zero attached hydrogens (tertiary/aromatic N) is 1. The van der Waals surface area contributed by atoms with Gasteiger partial charge in [0.2, 0.25) is 0 Å². The molecule has 0 aliphatic rings. The molecule has 1 aromatic heterocycles. The summed E-state index contributed by atoms with van der Waals surface area (Å²) in [5.41, 5.74) is 0. The number of carbonyl (C=O) groups excluding carboxylic acids is 1. The Morgan fingerprint density at radius 1 is 1.80 bits per heavy atom. The second kappa shape index (κ2) is 4.85. The number of thiazole rings is 1. The molecule has 1 heterocycles. The van der Waals surface area contributed by atoms with E-state index < -0.39 is 5.97 Å². The van der Waals surface area contributed by atoms with Gasteiger partial charge in [0, 0.05) is 24.0 Å². The Balaban J connectivity index is 0.000000810. The Bertz CT molecular complexity index is 199. The van der Waals surface area contributed by atoms with E-state index in [4.69, 9.17) is 0 Å². The fourth-order valence-electron chi connectivity index (χ4n) is 0.464. The first-order chi connectivity index (χ1) is 4.29. The number of carbonyl (C=O) groups is 1. The Morgan fingerprint density at radius 3 is 2.90 bits per heavy atom. The van der Waals surface area contributed by atoms with Crippen molar-refractivity contribution in [1.82, 2.24) is 4.98 Å². The Morgan fingerprint density at radius 2 is 2.50 bits per heavy atom. The van der Waals surface area contributed by atoms with Crippen molar-refractivity contribution < 1.29 is 39.5 Å². The van der Waals surface area contributed by atoms with Gasteiger partial charge in [-0.2, -0.15) is 0 Å². The van der Waals surface area contributed by atoms with Crippen molar-refractivity contribution in [3.63, 3.8) is 0 Å². The van der Waals surface area contributed by atoms with Crippen LogP contribution < -0.4 is 34.7 Å². The molecule has 0 radical (unpaired) electrons. The monoisotopic (exact) mass is 165 g/mol. The van der Waals surface area contributed by atoms with E-state index in [0.717, 1.165) is 0 Å². The summed E-state index contributed by atoms with van der Waals surface area (Å²) in [6, 6.07) is 0. The average Bonchev–Trinajstić information content (AvgIpc) is 2.15. The third-order valence-corrected chi connectivity index (χ3v) is 1.56. The molecule has 0 saturated carbocycles. The number of aromatic nitrogens is 1. The van der Waals surface area contributed by atoms with Crippen LogP contribution >= 0.6 is 11.3 Å². The van der Waals surface area contributed by atoms with E-state index in [-0.39, 0.29) is 36.0 Å². The zero-order valence-corrected chi connectivity index (χ0v) is 8.35. The van der Waals surface area contributed by atoms with Gasteiger partial charge in [0.15, 0.2) is 0 Å². The fourth-order valence-corrected chi connectivity index (χ4v) is 1.07. The molecule has 0 N–H and O–H groups in total. The minimum absolute atomic E-state index is 0. The predicted molar refractivity (Wildman–Crippen MR) is 30.8 cm³/mol. The van der Waals surface area contributed by atoms with Gasteiger partial charge in [0.05, 0.1) is 5.01 Å².